The number of nitrogens with zero attached hydrogens (tertiary/aromatic N) is 3. The SMILES string of the molecule is CCC/C(CC1CC1)=C(\C=NC)c1nc(NC2CCCCC2)ncc1C. The molecule has 1 heterocycles. The molecule has 2 aliphatic carbocycles. The molecule has 0 aliphatic heterocycles. The van der Waals surface area contributed by atoms with E-state index in [-0.39, 0.29) is 0 Å². The Balaban J connectivity index is 1.90. The van der Waals surface area contributed by atoms with Gasteiger partial charge in [-0.2, -0.15) is 0 Å². The van der Waals surface area contributed by atoms with Gasteiger partial charge in [-0.25, -0.2) is 9.97 Å². The molecule has 1 N–H and O–H groups in total. The number of anilines is 1. The molecule has 2 fully saturated rings. The Morgan fingerprint density at radius 2 is 2.00 bits per heavy atom. The van der Waals surface area contributed by atoms with Crippen LogP contribution in [0.1, 0.15) is 82.4 Å². The van der Waals surface area contributed by atoms with E-state index >= 15 is 0 Å². The molecule has 3 rings (SSSR count). The van der Waals surface area contributed by atoms with Crippen LogP contribution < -0.4 is 5.32 Å². The topological polar surface area (TPSA) is 50.2 Å². The lowest BCUT2D eigenvalue weighted by Gasteiger charge is -2.23. The van der Waals surface area contributed by atoms with Gasteiger partial charge in [-0.3, -0.25) is 4.99 Å². The number of nitrogens with one attached hydrogen (secondary N) is 1. The standard InChI is InChI=1S/C22H34N4/c1-4-8-18(13-17-11-12-17)20(15-23-3)21-16(2)14-24-22(26-21)25-19-9-6-5-7-10-19/h14-15,17,19H,4-13H2,1-3H3,(H,24,25,26)/b20-18-,23-15?. The van der Waals surface area contributed by atoms with Gasteiger partial charge in [0, 0.05) is 31.1 Å². The molecule has 0 unspecified atom stereocenters. The summed E-state index contributed by atoms with van der Waals surface area (Å²) in [4.78, 5) is 13.9. The second kappa shape index (κ2) is 9.29. The molecule has 0 saturated heterocycles. The van der Waals surface area contributed by atoms with Gasteiger partial charge < -0.3 is 5.32 Å². The smallest absolute Gasteiger partial charge is 0.223 e. The lowest BCUT2D eigenvalue weighted by atomic mass is 9.94. The minimum Gasteiger partial charge on any atom is -0.351 e. The summed E-state index contributed by atoms with van der Waals surface area (Å²) in [6.07, 6.45) is 16.7. The van der Waals surface area contributed by atoms with Gasteiger partial charge >= 0.3 is 0 Å². The van der Waals surface area contributed by atoms with E-state index in [1.807, 2.05) is 19.5 Å². The summed E-state index contributed by atoms with van der Waals surface area (Å²) < 4.78 is 0. The van der Waals surface area contributed by atoms with Crippen molar-refractivity contribution in [2.24, 2.45) is 10.9 Å². The first-order valence-electron chi connectivity index (χ1n) is 10.5. The third-order valence-corrected chi connectivity index (χ3v) is 5.59. The van der Waals surface area contributed by atoms with Crippen LogP contribution in [0.15, 0.2) is 16.8 Å². The first kappa shape index (κ1) is 19.1. The summed E-state index contributed by atoms with van der Waals surface area (Å²) in [6.45, 7) is 4.38. The molecule has 26 heavy (non-hydrogen) atoms. The summed E-state index contributed by atoms with van der Waals surface area (Å²) in [5, 5.41) is 3.58. The molecule has 2 saturated carbocycles. The molecule has 1 aromatic rings. The van der Waals surface area contributed by atoms with Crippen LogP contribution >= 0.6 is 0 Å². The number of aromatic nitrogens is 2. The predicted octanol–water partition coefficient (Wildman–Crippen LogP) is 5.58. The van der Waals surface area contributed by atoms with E-state index in [2.05, 4.69) is 29.1 Å². The zero-order valence-electron chi connectivity index (χ0n) is 16.7. The third-order valence-electron chi connectivity index (χ3n) is 5.59. The maximum absolute atomic E-state index is 4.94. The van der Waals surface area contributed by atoms with E-state index in [0.29, 0.717) is 6.04 Å². The first-order valence-corrected chi connectivity index (χ1v) is 10.5. The van der Waals surface area contributed by atoms with Crippen molar-refractivity contribution in [2.75, 3.05) is 12.4 Å². The Morgan fingerprint density at radius 1 is 1.23 bits per heavy atom. The summed E-state index contributed by atoms with van der Waals surface area (Å²) in [6, 6.07) is 0.521. The van der Waals surface area contributed by atoms with Crippen LogP contribution in [-0.4, -0.2) is 29.3 Å². The molecular formula is C22H34N4. The number of aliphatic imine (C=N–C) groups is 1. The molecule has 4 heteroatoms. The van der Waals surface area contributed by atoms with Crippen molar-refractivity contribution >= 4 is 17.7 Å². The van der Waals surface area contributed by atoms with E-state index in [9.17, 15) is 0 Å². The van der Waals surface area contributed by atoms with Crippen LogP contribution in [0, 0.1) is 12.8 Å². The summed E-state index contributed by atoms with van der Waals surface area (Å²) in [5.74, 6) is 1.65. The second-order valence-electron chi connectivity index (χ2n) is 8.01. The van der Waals surface area contributed by atoms with Crippen molar-refractivity contribution in [3.63, 3.8) is 0 Å². The summed E-state index contributed by atoms with van der Waals surface area (Å²) in [7, 11) is 1.86. The molecule has 142 valence electrons. The van der Waals surface area contributed by atoms with Crippen molar-refractivity contribution < 1.29 is 0 Å². The zero-order valence-corrected chi connectivity index (χ0v) is 16.7. The second-order valence-corrected chi connectivity index (χ2v) is 8.01. The van der Waals surface area contributed by atoms with Crippen molar-refractivity contribution in [1.82, 2.24) is 9.97 Å². The van der Waals surface area contributed by atoms with Crippen LogP contribution in [0.25, 0.3) is 5.57 Å². The van der Waals surface area contributed by atoms with Crippen molar-refractivity contribution in [2.45, 2.75) is 84.1 Å². The van der Waals surface area contributed by atoms with Crippen LogP contribution in [0.4, 0.5) is 5.95 Å². The average Bonchev–Trinajstić information content (AvgIpc) is 3.46. The largest absolute Gasteiger partial charge is 0.351 e. The Hall–Kier alpha value is -1.71. The molecule has 4 nitrogen and oxygen atoms in total. The van der Waals surface area contributed by atoms with Crippen molar-refractivity contribution in [1.29, 1.82) is 0 Å². The van der Waals surface area contributed by atoms with Gasteiger partial charge in [0.1, 0.15) is 0 Å². The maximum Gasteiger partial charge on any atom is 0.223 e. The van der Waals surface area contributed by atoms with Crippen LogP contribution in [-0.2, 0) is 0 Å². The van der Waals surface area contributed by atoms with Gasteiger partial charge in [0.25, 0.3) is 0 Å². The van der Waals surface area contributed by atoms with E-state index in [1.54, 1.807) is 0 Å². The average molecular weight is 355 g/mol. The van der Waals surface area contributed by atoms with Crippen LogP contribution in [0.3, 0.4) is 0 Å². The first-order chi connectivity index (χ1) is 12.7. The normalized spacial score (nSPS) is 19.7. The molecule has 0 aromatic carbocycles. The maximum atomic E-state index is 4.94. The third kappa shape index (κ3) is 5.15. The molecule has 0 atom stereocenters. The van der Waals surface area contributed by atoms with Gasteiger partial charge in [-0.1, -0.05) is 38.2 Å². The lowest BCUT2D eigenvalue weighted by Crippen LogP contribution is -2.23. The Kier molecular flexibility index (Phi) is 6.81. The molecule has 0 spiro atoms. The molecule has 1 aromatic heterocycles. The molecule has 0 amide bonds. The highest BCUT2D eigenvalue weighted by molar-refractivity contribution is 6.10. The van der Waals surface area contributed by atoms with E-state index in [4.69, 9.17) is 4.98 Å². The molecular weight excluding hydrogens is 320 g/mol. The Morgan fingerprint density at radius 3 is 2.65 bits per heavy atom. The number of rotatable bonds is 8. The van der Waals surface area contributed by atoms with Crippen LogP contribution in [0.5, 0.6) is 0 Å². The fourth-order valence-electron chi connectivity index (χ4n) is 3.98. The number of hydrogen-bond acceptors (Lipinski definition) is 4. The summed E-state index contributed by atoms with van der Waals surface area (Å²) in [5.41, 5.74) is 4.95. The number of hydrogen-bond donors (Lipinski definition) is 1. The minimum atomic E-state index is 0.521. The van der Waals surface area contributed by atoms with Gasteiger partial charge in [0.15, 0.2) is 0 Å². The van der Waals surface area contributed by atoms with Gasteiger partial charge in [-0.15, -0.1) is 0 Å². The monoisotopic (exact) mass is 354 g/mol. The fourth-order valence-corrected chi connectivity index (χ4v) is 3.98. The quantitative estimate of drug-likeness (QED) is 0.620. The van der Waals surface area contributed by atoms with Gasteiger partial charge in [-0.05, 0) is 56.9 Å². The Labute approximate surface area is 158 Å². The van der Waals surface area contributed by atoms with Crippen LogP contribution in [0.2, 0.25) is 0 Å². The van der Waals surface area contributed by atoms with Crippen molar-refractivity contribution in [3.8, 4) is 0 Å². The van der Waals surface area contributed by atoms with Gasteiger partial charge in [0.05, 0.1) is 5.69 Å². The minimum absolute atomic E-state index is 0.521. The fraction of sp³-hybridized carbons (Fsp3) is 0.682. The highest BCUT2D eigenvalue weighted by atomic mass is 15.1. The van der Waals surface area contributed by atoms with Gasteiger partial charge in [0.2, 0.25) is 5.95 Å². The highest BCUT2D eigenvalue weighted by Gasteiger charge is 2.24. The van der Waals surface area contributed by atoms with Crippen molar-refractivity contribution in [3.05, 3.63) is 23.0 Å². The van der Waals surface area contributed by atoms with E-state index in [0.717, 1.165) is 29.5 Å². The Bertz CT molecular complexity index is 652. The summed E-state index contributed by atoms with van der Waals surface area (Å²) >= 11 is 0. The highest BCUT2D eigenvalue weighted by Crippen LogP contribution is 2.38. The molecule has 0 bridgehead atoms. The zero-order chi connectivity index (χ0) is 18.4. The lowest BCUT2D eigenvalue weighted by molar-refractivity contribution is 0.461. The number of allylic oxidation sites excluding steroid dienone is 2. The molecule has 2 aliphatic rings. The van der Waals surface area contributed by atoms with E-state index < -0.39 is 0 Å². The van der Waals surface area contributed by atoms with E-state index in [1.165, 1.54) is 68.9 Å². The number of aryl methyl sites for hydroxylation is 1. The predicted molar refractivity (Wildman–Crippen MR) is 111 cm³/mol. The molecule has 0 radical (unpaired) electrons.